The van der Waals surface area contributed by atoms with Crippen molar-refractivity contribution in [1.82, 2.24) is 5.32 Å². The van der Waals surface area contributed by atoms with Gasteiger partial charge in [0.25, 0.3) is 0 Å². The van der Waals surface area contributed by atoms with Crippen molar-refractivity contribution < 1.29 is 0 Å². The Morgan fingerprint density at radius 2 is 1.67 bits per heavy atom. The topological polar surface area (TPSA) is 12.0 Å². The van der Waals surface area contributed by atoms with Crippen molar-refractivity contribution in [1.29, 1.82) is 0 Å². The highest BCUT2D eigenvalue weighted by Crippen LogP contribution is 2.42. The van der Waals surface area contributed by atoms with Crippen molar-refractivity contribution in [3.63, 3.8) is 0 Å². The Morgan fingerprint density at radius 1 is 1.00 bits per heavy atom. The molecule has 0 amide bonds. The zero-order valence-corrected chi connectivity index (χ0v) is 11.3. The first-order valence-electron chi connectivity index (χ1n) is 6.56. The summed E-state index contributed by atoms with van der Waals surface area (Å²) in [5.74, 6) is 0. The molecule has 0 aromatic heterocycles. The lowest BCUT2D eigenvalue weighted by Crippen LogP contribution is -2.39. The lowest BCUT2D eigenvalue weighted by Gasteiger charge is -2.41. The Bertz CT molecular complexity index is 180. The van der Waals surface area contributed by atoms with E-state index < -0.39 is 0 Å². The van der Waals surface area contributed by atoms with Crippen molar-refractivity contribution in [2.75, 3.05) is 6.54 Å². The first-order valence-corrected chi connectivity index (χ1v) is 6.56. The van der Waals surface area contributed by atoms with Gasteiger partial charge in [0, 0.05) is 6.04 Å². The maximum atomic E-state index is 3.71. The van der Waals surface area contributed by atoms with Crippen molar-refractivity contribution in [2.24, 2.45) is 10.8 Å². The molecule has 0 spiro atoms. The molecule has 90 valence electrons. The van der Waals surface area contributed by atoms with Gasteiger partial charge in [0.2, 0.25) is 0 Å². The average molecular weight is 211 g/mol. The molecule has 0 aromatic rings. The summed E-state index contributed by atoms with van der Waals surface area (Å²) in [7, 11) is 0. The van der Waals surface area contributed by atoms with Gasteiger partial charge >= 0.3 is 0 Å². The van der Waals surface area contributed by atoms with Crippen LogP contribution < -0.4 is 5.32 Å². The lowest BCUT2D eigenvalue weighted by atomic mass is 9.66. The minimum Gasteiger partial charge on any atom is -0.314 e. The monoisotopic (exact) mass is 211 g/mol. The summed E-state index contributed by atoms with van der Waals surface area (Å²) in [5, 5.41) is 3.71. The highest BCUT2D eigenvalue weighted by Gasteiger charge is 2.34. The summed E-state index contributed by atoms with van der Waals surface area (Å²) in [4.78, 5) is 0. The van der Waals surface area contributed by atoms with Crippen molar-refractivity contribution in [3.8, 4) is 0 Å². The molecule has 1 saturated heterocycles. The molecule has 0 radical (unpaired) electrons. The van der Waals surface area contributed by atoms with E-state index in [1.165, 1.54) is 38.6 Å². The third-order valence-corrected chi connectivity index (χ3v) is 4.45. The number of hydrogen-bond acceptors (Lipinski definition) is 1. The number of hydrogen-bond donors (Lipinski definition) is 1. The van der Waals surface area contributed by atoms with E-state index in [2.05, 4.69) is 39.9 Å². The minimum atomic E-state index is 0.404. The van der Waals surface area contributed by atoms with Gasteiger partial charge in [-0.15, -0.1) is 0 Å². The fourth-order valence-corrected chi connectivity index (χ4v) is 2.20. The first kappa shape index (κ1) is 13.0. The third-order valence-electron chi connectivity index (χ3n) is 4.45. The molecule has 15 heavy (non-hydrogen) atoms. The van der Waals surface area contributed by atoms with Gasteiger partial charge in [-0.25, -0.2) is 0 Å². The molecule has 0 saturated carbocycles. The van der Waals surface area contributed by atoms with Crippen LogP contribution in [0.3, 0.4) is 0 Å². The van der Waals surface area contributed by atoms with Crippen LogP contribution in [-0.4, -0.2) is 12.6 Å². The molecule has 0 aromatic carbocycles. The van der Waals surface area contributed by atoms with Gasteiger partial charge in [0.1, 0.15) is 0 Å². The highest BCUT2D eigenvalue weighted by atomic mass is 14.9. The standard InChI is InChI=1S/C14H29N/c1-13(2,3)14(4,5)11-12-9-7-6-8-10-15-12/h12,15H,6-11H2,1-5H3. The summed E-state index contributed by atoms with van der Waals surface area (Å²) in [6.07, 6.45) is 6.89. The Hall–Kier alpha value is -0.0400. The van der Waals surface area contributed by atoms with Crippen LogP contribution in [0.2, 0.25) is 0 Å². The molecule has 1 aliphatic heterocycles. The second-order valence-corrected chi connectivity index (χ2v) is 6.84. The Balaban J connectivity index is 2.51. The Kier molecular flexibility index (Phi) is 4.22. The van der Waals surface area contributed by atoms with Gasteiger partial charge in [-0.2, -0.15) is 0 Å². The van der Waals surface area contributed by atoms with Crippen LogP contribution in [0.25, 0.3) is 0 Å². The Morgan fingerprint density at radius 3 is 2.27 bits per heavy atom. The van der Waals surface area contributed by atoms with E-state index in [1.807, 2.05) is 0 Å². The van der Waals surface area contributed by atoms with E-state index in [0.29, 0.717) is 10.8 Å². The van der Waals surface area contributed by atoms with Crippen LogP contribution in [0.15, 0.2) is 0 Å². The molecule has 0 aliphatic carbocycles. The second-order valence-electron chi connectivity index (χ2n) is 6.84. The van der Waals surface area contributed by atoms with E-state index in [-0.39, 0.29) is 0 Å². The maximum Gasteiger partial charge on any atom is 0.00723 e. The molecule has 1 heteroatoms. The molecule has 1 unspecified atom stereocenters. The summed E-state index contributed by atoms with van der Waals surface area (Å²) < 4.78 is 0. The summed E-state index contributed by atoms with van der Waals surface area (Å²) in [6, 6.07) is 0.752. The van der Waals surface area contributed by atoms with E-state index in [9.17, 15) is 0 Å². The number of rotatable bonds is 2. The van der Waals surface area contributed by atoms with Gasteiger partial charge < -0.3 is 5.32 Å². The van der Waals surface area contributed by atoms with Crippen LogP contribution in [0.1, 0.15) is 66.7 Å². The molecule has 1 nitrogen and oxygen atoms in total. The highest BCUT2D eigenvalue weighted by molar-refractivity contribution is 4.87. The maximum absolute atomic E-state index is 3.71. The summed E-state index contributed by atoms with van der Waals surface area (Å²) in [6.45, 7) is 13.2. The van der Waals surface area contributed by atoms with E-state index in [1.54, 1.807) is 0 Å². The van der Waals surface area contributed by atoms with E-state index in [0.717, 1.165) is 6.04 Å². The smallest absolute Gasteiger partial charge is 0.00723 e. The van der Waals surface area contributed by atoms with E-state index >= 15 is 0 Å². The Labute approximate surface area is 96.0 Å². The van der Waals surface area contributed by atoms with Gasteiger partial charge in [0.15, 0.2) is 0 Å². The normalized spacial score (nSPS) is 25.0. The predicted molar refractivity (Wildman–Crippen MR) is 68.1 cm³/mol. The average Bonchev–Trinajstić information content (AvgIpc) is 2.30. The van der Waals surface area contributed by atoms with E-state index in [4.69, 9.17) is 0 Å². The molecular formula is C14H29N. The van der Waals surface area contributed by atoms with Gasteiger partial charge in [-0.05, 0) is 36.6 Å². The molecule has 1 heterocycles. The van der Waals surface area contributed by atoms with Crippen LogP contribution in [0.5, 0.6) is 0 Å². The molecule has 0 bridgehead atoms. The quantitative estimate of drug-likeness (QED) is 0.728. The molecule has 1 N–H and O–H groups in total. The van der Waals surface area contributed by atoms with Gasteiger partial charge in [-0.1, -0.05) is 47.5 Å². The zero-order chi connectivity index (χ0) is 11.5. The number of nitrogens with one attached hydrogen (secondary N) is 1. The molecular weight excluding hydrogens is 182 g/mol. The lowest BCUT2D eigenvalue weighted by molar-refractivity contribution is 0.102. The van der Waals surface area contributed by atoms with Crippen molar-refractivity contribution in [2.45, 2.75) is 72.8 Å². The van der Waals surface area contributed by atoms with Crippen LogP contribution >= 0.6 is 0 Å². The minimum absolute atomic E-state index is 0.404. The van der Waals surface area contributed by atoms with Gasteiger partial charge in [-0.3, -0.25) is 0 Å². The van der Waals surface area contributed by atoms with Crippen LogP contribution in [-0.2, 0) is 0 Å². The van der Waals surface area contributed by atoms with Crippen molar-refractivity contribution >= 4 is 0 Å². The fraction of sp³-hybridized carbons (Fsp3) is 1.00. The van der Waals surface area contributed by atoms with Crippen molar-refractivity contribution in [3.05, 3.63) is 0 Å². The molecule has 1 fully saturated rings. The molecule has 1 atom stereocenters. The molecule has 1 rings (SSSR count). The largest absolute Gasteiger partial charge is 0.314 e. The fourth-order valence-electron chi connectivity index (χ4n) is 2.20. The third kappa shape index (κ3) is 3.79. The predicted octanol–water partition coefficient (Wildman–Crippen LogP) is 3.98. The SMILES string of the molecule is CC(C)(C)C(C)(C)CC1CCCCCN1. The first-order chi connectivity index (χ1) is 6.83. The van der Waals surface area contributed by atoms with Gasteiger partial charge in [0.05, 0.1) is 0 Å². The molecule has 1 aliphatic rings. The zero-order valence-electron chi connectivity index (χ0n) is 11.3. The second kappa shape index (κ2) is 4.86. The summed E-state index contributed by atoms with van der Waals surface area (Å²) >= 11 is 0. The summed E-state index contributed by atoms with van der Waals surface area (Å²) in [5.41, 5.74) is 0.829. The van der Waals surface area contributed by atoms with Crippen LogP contribution in [0.4, 0.5) is 0 Å². The van der Waals surface area contributed by atoms with Crippen LogP contribution in [0, 0.1) is 10.8 Å².